The SMILES string of the molecule is CNC(=O)CCc1ccc(C23CC(C(F)(F)[C@@](O)(Cn4cnnn4)c4ccc(F)cc4F)(C2)C3)cc1. The van der Waals surface area contributed by atoms with Crippen molar-refractivity contribution in [2.24, 2.45) is 5.41 Å². The molecule has 1 aromatic heterocycles. The number of nitrogens with zero attached hydrogens (tertiary/aromatic N) is 4. The van der Waals surface area contributed by atoms with E-state index in [1.807, 2.05) is 24.3 Å². The molecule has 3 fully saturated rings. The molecule has 0 saturated heterocycles. The van der Waals surface area contributed by atoms with E-state index >= 15 is 8.78 Å². The highest BCUT2D eigenvalue weighted by Gasteiger charge is 2.82. The topological polar surface area (TPSA) is 92.9 Å². The Kier molecular flexibility index (Phi) is 5.66. The first-order valence-corrected chi connectivity index (χ1v) is 11.6. The molecule has 0 aliphatic heterocycles. The van der Waals surface area contributed by atoms with Crippen molar-refractivity contribution in [2.45, 2.75) is 55.6 Å². The number of carbonyl (C=O) groups excluding carboxylic acids is 1. The quantitative estimate of drug-likeness (QED) is 0.438. The largest absolute Gasteiger partial charge is 0.377 e. The molecule has 3 aromatic rings. The zero-order valence-electron chi connectivity index (χ0n) is 19.5. The van der Waals surface area contributed by atoms with Crippen LogP contribution in [-0.4, -0.2) is 44.2 Å². The molecule has 2 bridgehead atoms. The van der Waals surface area contributed by atoms with Crippen LogP contribution in [0.4, 0.5) is 17.6 Å². The molecule has 1 amide bonds. The Balaban J connectivity index is 1.39. The van der Waals surface area contributed by atoms with Gasteiger partial charge in [0.15, 0.2) is 5.60 Å². The van der Waals surface area contributed by atoms with E-state index in [0.29, 0.717) is 18.9 Å². The number of aryl methyl sites for hydroxylation is 1. The Labute approximate surface area is 204 Å². The Morgan fingerprint density at radius 1 is 1.14 bits per heavy atom. The van der Waals surface area contributed by atoms with Gasteiger partial charge in [-0.2, -0.15) is 0 Å². The minimum Gasteiger partial charge on any atom is -0.377 e. The molecule has 190 valence electrons. The van der Waals surface area contributed by atoms with Gasteiger partial charge in [0, 0.05) is 30.5 Å². The number of alkyl halides is 2. The Hall–Kier alpha value is -3.34. The summed E-state index contributed by atoms with van der Waals surface area (Å²) in [6, 6.07) is 9.75. The first-order chi connectivity index (χ1) is 17.0. The summed E-state index contributed by atoms with van der Waals surface area (Å²) in [5.41, 5.74) is -3.81. The van der Waals surface area contributed by atoms with E-state index in [0.717, 1.165) is 34.3 Å². The van der Waals surface area contributed by atoms with Gasteiger partial charge >= 0.3 is 0 Å². The molecular weight excluding hydrogens is 478 g/mol. The van der Waals surface area contributed by atoms with E-state index in [9.17, 15) is 18.7 Å². The average molecular weight is 504 g/mol. The number of aliphatic hydroxyl groups is 1. The minimum absolute atomic E-state index is 0.0607. The lowest BCUT2D eigenvalue weighted by atomic mass is 9.30. The Bertz CT molecular complexity index is 1260. The second-order valence-electron chi connectivity index (χ2n) is 10.0. The molecular formula is C25H25F4N5O2. The van der Waals surface area contributed by atoms with E-state index in [1.54, 1.807) is 7.05 Å². The van der Waals surface area contributed by atoms with Crippen molar-refractivity contribution in [1.29, 1.82) is 0 Å². The maximum atomic E-state index is 16.2. The molecule has 3 saturated carbocycles. The molecule has 3 aliphatic carbocycles. The van der Waals surface area contributed by atoms with Crippen molar-refractivity contribution in [3.63, 3.8) is 0 Å². The lowest BCUT2D eigenvalue weighted by Crippen LogP contribution is -2.76. The number of halogens is 4. The molecule has 1 atom stereocenters. The molecule has 2 aromatic carbocycles. The van der Waals surface area contributed by atoms with Crippen molar-refractivity contribution in [2.75, 3.05) is 7.05 Å². The van der Waals surface area contributed by atoms with Crippen LogP contribution in [0.2, 0.25) is 0 Å². The molecule has 0 unspecified atom stereocenters. The molecule has 0 radical (unpaired) electrons. The maximum absolute atomic E-state index is 16.2. The number of tetrazole rings is 1. The van der Waals surface area contributed by atoms with Crippen LogP contribution >= 0.6 is 0 Å². The summed E-state index contributed by atoms with van der Waals surface area (Å²) in [5.74, 6) is -6.03. The van der Waals surface area contributed by atoms with Crippen molar-refractivity contribution in [3.05, 3.63) is 77.1 Å². The van der Waals surface area contributed by atoms with Gasteiger partial charge < -0.3 is 10.4 Å². The van der Waals surface area contributed by atoms with Gasteiger partial charge in [-0.05, 0) is 64.8 Å². The van der Waals surface area contributed by atoms with E-state index in [4.69, 9.17) is 0 Å². The Morgan fingerprint density at radius 2 is 1.83 bits per heavy atom. The summed E-state index contributed by atoms with van der Waals surface area (Å²) < 4.78 is 61.6. The van der Waals surface area contributed by atoms with Gasteiger partial charge in [0.05, 0.1) is 6.54 Å². The molecule has 36 heavy (non-hydrogen) atoms. The number of hydrogen-bond donors (Lipinski definition) is 2. The van der Waals surface area contributed by atoms with Crippen molar-refractivity contribution in [3.8, 4) is 0 Å². The number of carbonyl (C=O) groups is 1. The number of rotatable bonds is 9. The molecule has 1 heterocycles. The number of nitrogens with one attached hydrogen (secondary N) is 1. The first kappa shape index (κ1) is 24.4. The van der Waals surface area contributed by atoms with E-state index < -0.39 is 46.1 Å². The third kappa shape index (κ3) is 3.59. The highest BCUT2D eigenvalue weighted by atomic mass is 19.3. The fraction of sp³-hybridized carbons (Fsp3) is 0.440. The van der Waals surface area contributed by atoms with Gasteiger partial charge in [0.1, 0.15) is 18.0 Å². The molecule has 6 rings (SSSR count). The van der Waals surface area contributed by atoms with Crippen molar-refractivity contribution >= 4 is 5.91 Å². The van der Waals surface area contributed by atoms with Gasteiger partial charge in [0.2, 0.25) is 5.91 Å². The summed E-state index contributed by atoms with van der Waals surface area (Å²) in [6.45, 7) is -0.801. The van der Waals surface area contributed by atoms with E-state index in [-0.39, 0.29) is 25.2 Å². The van der Waals surface area contributed by atoms with Crippen molar-refractivity contribution < 1.29 is 27.5 Å². The number of aromatic nitrogens is 4. The third-order valence-electron chi connectivity index (χ3n) is 7.86. The van der Waals surface area contributed by atoms with Gasteiger partial charge in [-0.3, -0.25) is 4.79 Å². The van der Waals surface area contributed by atoms with Crippen LogP contribution in [0.3, 0.4) is 0 Å². The van der Waals surface area contributed by atoms with Crippen LogP contribution in [0, 0.1) is 17.0 Å². The fourth-order valence-electron chi connectivity index (χ4n) is 5.94. The predicted octanol–water partition coefficient (Wildman–Crippen LogP) is 3.27. The monoisotopic (exact) mass is 503 g/mol. The first-order valence-electron chi connectivity index (χ1n) is 11.6. The van der Waals surface area contributed by atoms with Crippen LogP contribution in [0.5, 0.6) is 0 Å². The Morgan fingerprint density at radius 3 is 2.42 bits per heavy atom. The summed E-state index contributed by atoms with van der Waals surface area (Å²) >= 11 is 0. The fourth-order valence-corrected chi connectivity index (χ4v) is 5.94. The van der Waals surface area contributed by atoms with E-state index in [2.05, 4.69) is 20.8 Å². The number of hydrogen-bond acceptors (Lipinski definition) is 5. The van der Waals surface area contributed by atoms with Crippen LogP contribution in [-0.2, 0) is 28.8 Å². The van der Waals surface area contributed by atoms with Gasteiger partial charge in [-0.25, -0.2) is 22.2 Å². The zero-order chi connectivity index (χ0) is 25.8. The van der Waals surface area contributed by atoms with Crippen LogP contribution in [0.15, 0.2) is 48.8 Å². The van der Waals surface area contributed by atoms with Gasteiger partial charge in [0.25, 0.3) is 5.92 Å². The minimum atomic E-state index is -3.76. The molecule has 2 N–H and O–H groups in total. The summed E-state index contributed by atoms with van der Waals surface area (Å²) in [6.07, 6.45) is 2.33. The maximum Gasteiger partial charge on any atom is 0.287 e. The van der Waals surface area contributed by atoms with Crippen LogP contribution in [0.1, 0.15) is 42.4 Å². The van der Waals surface area contributed by atoms with Crippen molar-refractivity contribution in [1.82, 2.24) is 25.5 Å². The van der Waals surface area contributed by atoms with Crippen LogP contribution in [0.25, 0.3) is 0 Å². The van der Waals surface area contributed by atoms with Gasteiger partial charge in [-0.15, -0.1) is 5.10 Å². The van der Waals surface area contributed by atoms with E-state index in [1.165, 1.54) is 0 Å². The molecule has 11 heteroatoms. The molecule has 0 spiro atoms. The summed E-state index contributed by atoms with van der Waals surface area (Å²) in [5, 5.41) is 24.4. The predicted molar refractivity (Wildman–Crippen MR) is 120 cm³/mol. The molecule has 3 aliphatic rings. The lowest BCUT2D eigenvalue weighted by Gasteiger charge is -2.74. The number of benzene rings is 2. The summed E-state index contributed by atoms with van der Waals surface area (Å²) in [7, 11) is 1.58. The smallest absolute Gasteiger partial charge is 0.287 e. The summed E-state index contributed by atoms with van der Waals surface area (Å²) in [4.78, 5) is 11.5. The lowest BCUT2D eigenvalue weighted by molar-refractivity contribution is -0.347. The third-order valence-corrected chi connectivity index (χ3v) is 7.86. The normalized spacial score (nSPS) is 24.4. The standard InChI is InChI=1S/C25H25F4N5O2/c1-30-21(35)9-4-16-2-5-17(6-3-16)22-11-23(12-22,13-22)25(28,29)24(36,14-34-15-31-32-33-34)19-8-7-18(26)10-20(19)27/h2-3,5-8,10,15,36H,4,9,11-14H2,1H3,(H,30,35)/t22?,23?,24-/m1/s1. The zero-order valence-corrected chi connectivity index (χ0v) is 19.5. The highest BCUT2D eigenvalue weighted by Crippen LogP contribution is 2.80. The second-order valence-corrected chi connectivity index (χ2v) is 10.0. The van der Waals surface area contributed by atoms with Gasteiger partial charge in [-0.1, -0.05) is 24.3 Å². The van der Waals surface area contributed by atoms with Crippen LogP contribution < -0.4 is 5.32 Å². The average Bonchev–Trinajstić information content (AvgIpc) is 3.29. The second kappa shape index (κ2) is 8.36. The highest BCUT2D eigenvalue weighted by molar-refractivity contribution is 5.75. The number of amides is 1. The molecule has 7 nitrogen and oxygen atoms in total.